The van der Waals surface area contributed by atoms with Crippen molar-refractivity contribution < 1.29 is 9.18 Å². The SMILES string of the molecule is CC(C)CNC(=O)c1cc(C#N)ccc1F. The summed E-state index contributed by atoms with van der Waals surface area (Å²) in [7, 11) is 0. The summed E-state index contributed by atoms with van der Waals surface area (Å²) in [5.41, 5.74) is 0.191. The van der Waals surface area contributed by atoms with Gasteiger partial charge in [-0.1, -0.05) is 13.8 Å². The van der Waals surface area contributed by atoms with E-state index in [0.717, 1.165) is 6.07 Å². The van der Waals surface area contributed by atoms with Crippen LogP contribution in [0.4, 0.5) is 4.39 Å². The van der Waals surface area contributed by atoms with Crippen molar-refractivity contribution in [1.29, 1.82) is 5.26 Å². The molecule has 0 unspecified atom stereocenters. The van der Waals surface area contributed by atoms with Crippen LogP contribution in [0.2, 0.25) is 0 Å². The number of benzene rings is 1. The molecule has 0 fully saturated rings. The minimum absolute atomic E-state index is 0.0836. The molecule has 84 valence electrons. The van der Waals surface area contributed by atoms with Crippen molar-refractivity contribution in [3.63, 3.8) is 0 Å². The Kier molecular flexibility index (Phi) is 4.01. The summed E-state index contributed by atoms with van der Waals surface area (Å²) in [5, 5.41) is 11.3. The van der Waals surface area contributed by atoms with Gasteiger partial charge < -0.3 is 5.32 Å². The van der Waals surface area contributed by atoms with Crippen LogP contribution in [-0.4, -0.2) is 12.5 Å². The average molecular weight is 220 g/mol. The number of nitrogens with one attached hydrogen (secondary N) is 1. The smallest absolute Gasteiger partial charge is 0.254 e. The maximum Gasteiger partial charge on any atom is 0.254 e. The van der Waals surface area contributed by atoms with Crippen molar-refractivity contribution in [2.24, 2.45) is 5.92 Å². The molecule has 0 saturated carbocycles. The van der Waals surface area contributed by atoms with E-state index in [1.165, 1.54) is 12.1 Å². The second-order valence-corrected chi connectivity index (χ2v) is 3.91. The molecular formula is C12H13FN2O. The van der Waals surface area contributed by atoms with Gasteiger partial charge in [-0.25, -0.2) is 4.39 Å². The van der Waals surface area contributed by atoms with E-state index in [4.69, 9.17) is 5.26 Å². The summed E-state index contributed by atoms with van der Waals surface area (Å²) in [6.07, 6.45) is 0. The topological polar surface area (TPSA) is 52.9 Å². The normalized spacial score (nSPS) is 9.94. The first-order valence-electron chi connectivity index (χ1n) is 5.02. The molecule has 4 heteroatoms. The Morgan fingerprint density at radius 2 is 2.25 bits per heavy atom. The zero-order chi connectivity index (χ0) is 12.1. The molecular weight excluding hydrogens is 207 g/mol. The van der Waals surface area contributed by atoms with Crippen molar-refractivity contribution in [1.82, 2.24) is 5.32 Å². The number of rotatable bonds is 3. The molecule has 0 spiro atoms. The fourth-order valence-electron chi connectivity index (χ4n) is 1.16. The van der Waals surface area contributed by atoms with Crippen molar-refractivity contribution >= 4 is 5.91 Å². The number of halogens is 1. The van der Waals surface area contributed by atoms with Crippen LogP contribution in [0, 0.1) is 23.1 Å². The lowest BCUT2D eigenvalue weighted by Gasteiger charge is -2.08. The lowest BCUT2D eigenvalue weighted by Crippen LogP contribution is -2.28. The predicted octanol–water partition coefficient (Wildman–Crippen LogP) is 2.08. The quantitative estimate of drug-likeness (QED) is 0.847. The first-order chi connectivity index (χ1) is 7.54. The summed E-state index contributed by atoms with van der Waals surface area (Å²) in [6.45, 7) is 4.37. The molecule has 0 saturated heterocycles. The summed E-state index contributed by atoms with van der Waals surface area (Å²) in [6, 6.07) is 5.59. The van der Waals surface area contributed by atoms with Crippen LogP contribution in [0.3, 0.4) is 0 Å². The molecule has 1 aromatic rings. The number of carbonyl (C=O) groups excluding carboxylic acids is 1. The van der Waals surface area contributed by atoms with Crippen molar-refractivity contribution in [3.8, 4) is 6.07 Å². The van der Waals surface area contributed by atoms with E-state index >= 15 is 0 Å². The van der Waals surface area contributed by atoms with Crippen LogP contribution in [-0.2, 0) is 0 Å². The van der Waals surface area contributed by atoms with Gasteiger partial charge in [-0.2, -0.15) is 5.26 Å². The first-order valence-corrected chi connectivity index (χ1v) is 5.02. The molecule has 3 nitrogen and oxygen atoms in total. The number of nitriles is 1. The molecule has 0 aliphatic heterocycles. The lowest BCUT2D eigenvalue weighted by atomic mass is 10.1. The Balaban J connectivity index is 2.86. The summed E-state index contributed by atoms with van der Waals surface area (Å²) in [4.78, 5) is 11.6. The highest BCUT2D eigenvalue weighted by Gasteiger charge is 2.12. The molecule has 0 radical (unpaired) electrons. The van der Waals surface area contributed by atoms with E-state index in [2.05, 4.69) is 5.32 Å². The third-order valence-electron chi connectivity index (χ3n) is 2.01. The standard InChI is InChI=1S/C12H13FN2O/c1-8(2)7-15-12(16)10-5-9(6-14)3-4-11(10)13/h3-5,8H,7H2,1-2H3,(H,15,16). The van der Waals surface area contributed by atoms with Crippen LogP contribution in [0.15, 0.2) is 18.2 Å². The molecule has 1 amide bonds. The Labute approximate surface area is 93.9 Å². The molecule has 0 atom stereocenters. The molecule has 0 heterocycles. The van der Waals surface area contributed by atoms with Crippen LogP contribution in [0.5, 0.6) is 0 Å². The number of carbonyl (C=O) groups is 1. The van der Waals surface area contributed by atoms with Crippen LogP contribution >= 0.6 is 0 Å². The molecule has 0 aliphatic rings. The zero-order valence-corrected chi connectivity index (χ0v) is 9.25. The van der Waals surface area contributed by atoms with Crippen molar-refractivity contribution in [2.45, 2.75) is 13.8 Å². The van der Waals surface area contributed by atoms with Crippen LogP contribution in [0.25, 0.3) is 0 Å². The molecule has 1 aromatic carbocycles. The van der Waals surface area contributed by atoms with E-state index in [1.54, 1.807) is 0 Å². The van der Waals surface area contributed by atoms with Gasteiger partial charge in [-0.05, 0) is 24.1 Å². The number of hydrogen-bond acceptors (Lipinski definition) is 2. The van der Waals surface area contributed by atoms with Gasteiger partial charge in [0.2, 0.25) is 0 Å². The molecule has 0 aromatic heterocycles. The van der Waals surface area contributed by atoms with Gasteiger partial charge >= 0.3 is 0 Å². The van der Waals surface area contributed by atoms with Crippen LogP contribution in [0.1, 0.15) is 29.8 Å². The zero-order valence-electron chi connectivity index (χ0n) is 9.25. The fourth-order valence-corrected chi connectivity index (χ4v) is 1.16. The monoisotopic (exact) mass is 220 g/mol. The Hall–Kier alpha value is -1.89. The number of amides is 1. The molecule has 16 heavy (non-hydrogen) atoms. The molecule has 1 rings (SSSR count). The number of nitrogens with zero attached hydrogens (tertiary/aromatic N) is 1. The van der Waals surface area contributed by atoms with Gasteiger partial charge in [0.15, 0.2) is 0 Å². The summed E-state index contributed by atoms with van der Waals surface area (Å²) >= 11 is 0. The fraction of sp³-hybridized carbons (Fsp3) is 0.333. The van der Waals surface area contributed by atoms with Crippen molar-refractivity contribution in [2.75, 3.05) is 6.54 Å². The molecule has 0 bridgehead atoms. The predicted molar refractivity (Wildman–Crippen MR) is 58.3 cm³/mol. The Morgan fingerprint density at radius 1 is 1.56 bits per heavy atom. The summed E-state index contributed by atoms with van der Waals surface area (Å²) in [5.74, 6) is -0.797. The van der Waals surface area contributed by atoms with E-state index in [0.29, 0.717) is 12.5 Å². The number of hydrogen-bond donors (Lipinski definition) is 1. The minimum atomic E-state index is -0.611. The largest absolute Gasteiger partial charge is 0.352 e. The van der Waals surface area contributed by atoms with Gasteiger partial charge in [0, 0.05) is 6.54 Å². The van der Waals surface area contributed by atoms with E-state index in [1.807, 2.05) is 19.9 Å². The second-order valence-electron chi connectivity index (χ2n) is 3.91. The second kappa shape index (κ2) is 5.26. The van der Waals surface area contributed by atoms with Crippen LogP contribution < -0.4 is 5.32 Å². The summed E-state index contributed by atoms with van der Waals surface area (Å²) < 4.78 is 13.3. The maximum absolute atomic E-state index is 13.3. The molecule has 0 aliphatic carbocycles. The van der Waals surface area contributed by atoms with Gasteiger partial charge in [0.1, 0.15) is 5.82 Å². The average Bonchev–Trinajstić information content (AvgIpc) is 2.26. The highest BCUT2D eigenvalue weighted by Crippen LogP contribution is 2.10. The lowest BCUT2D eigenvalue weighted by molar-refractivity contribution is 0.0945. The Morgan fingerprint density at radius 3 is 2.81 bits per heavy atom. The van der Waals surface area contributed by atoms with Gasteiger partial charge in [-0.3, -0.25) is 4.79 Å². The van der Waals surface area contributed by atoms with Gasteiger partial charge in [0.05, 0.1) is 17.2 Å². The van der Waals surface area contributed by atoms with Gasteiger partial charge in [0.25, 0.3) is 5.91 Å². The maximum atomic E-state index is 13.3. The first kappa shape index (κ1) is 12.2. The van der Waals surface area contributed by atoms with Gasteiger partial charge in [-0.15, -0.1) is 0 Å². The van der Waals surface area contributed by atoms with E-state index in [-0.39, 0.29) is 11.1 Å². The third-order valence-corrected chi connectivity index (χ3v) is 2.01. The highest BCUT2D eigenvalue weighted by molar-refractivity contribution is 5.94. The third kappa shape index (κ3) is 3.06. The molecule has 1 N–H and O–H groups in total. The van der Waals surface area contributed by atoms with Crippen molar-refractivity contribution in [3.05, 3.63) is 35.1 Å². The van der Waals surface area contributed by atoms with E-state index < -0.39 is 11.7 Å². The Bertz CT molecular complexity index is 435. The highest BCUT2D eigenvalue weighted by atomic mass is 19.1. The van der Waals surface area contributed by atoms with E-state index in [9.17, 15) is 9.18 Å². The minimum Gasteiger partial charge on any atom is -0.352 e.